The normalized spacial score (nSPS) is 11.7. The van der Waals surface area contributed by atoms with E-state index >= 15 is 0 Å². The Hall–Kier alpha value is -0.690. The van der Waals surface area contributed by atoms with Crippen molar-refractivity contribution in [3.05, 3.63) is 0 Å². The summed E-state index contributed by atoms with van der Waals surface area (Å²) in [7, 11) is 0. The second-order valence-corrected chi connectivity index (χ2v) is 2.96. The first-order valence-electron chi connectivity index (χ1n) is 3.42. The summed E-state index contributed by atoms with van der Waals surface area (Å²) in [5, 5.41) is 11.1. The maximum Gasteiger partial charge on any atom is 0.231 e. The van der Waals surface area contributed by atoms with E-state index < -0.39 is 0 Å². The number of carbonyl (C=O) groups excluding carboxylic acids is 1. The highest BCUT2D eigenvalue weighted by atomic mass is 32.2. The average Bonchev–Trinajstić information content (AvgIpc) is 2.01. The van der Waals surface area contributed by atoms with E-state index in [1.54, 1.807) is 0 Å². The van der Waals surface area contributed by atoms with Crippen molar-refractivity contribution in [1.29, 1.82) is 5.26 Å². The van der Waals surface area contributed by atoms with E-state index in [0.717, 1.165) is 0 Å². The van der Waals surface area contributed by atoms with Gasteiger partial charge >= 0.3 is 0 Å². The zero-order chi connectivity index (χ0) is 8.69. The van der Waals surface area contributed by atoms with Gasteiger partial charge < -0.3 is 5.32 Å². The molecule has 0 aliphatic carbocycles. The van der Waals surface area contributed by atoms with Gasteiger partial charge in [0.15, 0.2) is 0 Å². The number of amides is 1. The molecular weight excluding hydrogens is 160 g/mol. The highest BCUT2D eigenvalue weighted by Gasteiger charge is 2.06. The number of thioether (sulfide) groups is 1. The van der Waals surface area contributed by atoms with Gasteiger partial charge in [0.2, 0.25) is 5.91 Å². The summed E-state index contributed by atoms with van der Waals surface area (Å²) < 4.78 is 0. The van der Waals surface area contributed by atoms with E-state index in [1.165, 1.54) is 11.8 Å². The minimum Gasteiger partial charge on any atom is -0.340 e. The summed E-state index contributed by atoms with van der Waals surface area (Å²) >= 11 is 1.45. The molecular formula is C7H12N2OS. The molecule has 62 valence electrons. The standard InChI is InChI=1S/C7H12N2OS/c1-3-6(4-8)9-7(10)5-11-2/h6H,3,5H2,1-2H3,(H,9,10). The van der Waals surface area contributed by atoms with E-state index in [0.29, 0.717) is 12.2 Å². The Labute approximate surface area is 71.2 Å². The quantitative estimate of drug-likeness (QED) is 0.681. The first-order chi connectivity index (χ1) is 5.24. The van der Waals surface area contributed by atoms with Gasteiger partial charge in [-0.05, 0) is 12.7 Å². The molecule has 0 saturated carbocycles. The van der Waals surface area contributed by atoms with Crippen molar-refractivity contribution in [2.24, 2.45) is 0 Å². The van der Waals surface area contributed by atoms with Gasteiger partial charge in [0, 0.05) is 0 Å². The minimum absolute atomic E-state index is 0.0640. The average molecular weight is 172 g/mol. The number of hydrogen-bond donors (Lipinski definition) is 1. The fraction of sp³-hybridized carbons (Fsp3) is 0.714. The second-order valence-electron chi connectivity index (χ2n) is 2.09. The van der Waals surface area contributed by atoms with E-state index in [2.05, 4.69) is 5.32 Å². The molecule has 0 rings (SSSR count). The van der Waals surface area contributed by atoms with Crippen molar-refractivity contribution in [1.82, 2.24) is 5.32 Å². The summed E-state index contributed by atoms with van der Waals surface area (Å²) in [6.45, 7) is 1.87. The Morgan fingerprint density at radius 2 is 2.45 bits per heavy atom. The molecule has 0 spiro atoms. The van der Waals surface area contributed by atoms with Gasteiger partial charge in [-0.15, -0.1) is 0 Å². The van der Waals surface area contributed by atoms with Crippen LogP contribution < -0.4 is 5.32 Å². The van der Waals surface area contributed by atoms with Crippen molar-refractivity contribution < 1.29 is 4.79 Å². The highest BCUT2D eigenvalue weighted by molar-refractivity contribution is 7.99. The summed E-state index contributed by atoms with van der Waals surface area (Å²) in [6.07, 6.45) is 2.52. The van der Waals surface area contributed by atoms with E-state index in [1.807, 2.05) is 19.2 Å². The predicted molar refractivity (Wildman–Crippen MR) is 46.2 cm³/mol. The Bertz CT molecular complexity index is 164. The molecule has 0 aromatic rings. The first kappa shape index (κ1) is 10.3. The third-order valence-corrected chi connectivity index (χ3v) is 1.73. The predicted octanol–water partition coefficient (Wildman–Crippen LogP) is 0.768. The molecule has 0 aromatic heterocycles. The lowest BCUT2D eigenvalue weighted by molar-refractivity contribution is -0.118. The molecule has 0 fully saturated rings. The maximum absolute atomic E-state index is 10.9. The molecule has 0 radical (unpaired) electrons. The van der Waals surface area contributed by atoms with E-state index in [4.69, 9.17) is 5.26 Å². The molecule has 3 nitrogen and oxygen atoms in total. The Morgan fingerprint density at radius 1 is 1.82 bits per heavy atom. The van der Waals surface area contributed by atoms with Gasteiger partial charge in [0.05, 0.1) is 11.8 Å². The number of nitrogens with zero attached hydrogens (tertiary/aromatic N) is 1. The molecule has 0 aromatic carbocycles. The molecule has 1 N–H and O–H groups in total. The monoisotopic (exact) mass is 172 g/mol. The van der Waals surface area contributed by atoms with Gasteiger partial charge in [-0.2, -0.15) is 17.0 Å². The number of nitrogens with one attached hydrogen (secondary N) is 1. The van der Waals surface area contributed by atoms with E-state index in [-0.39, 0.29) is 11.9 Å². The lowest BCUT2D eigenvalue weighted by atomic mass is 10.2. The second kappa shape index (κ2) is 6.05. The van der Waals surface area contributed by atoms with Gasteiger partial charge in [-0.25, -0.2) is 0 Å². The third kappa shape index (κ3) is 4.68. The smallest absolute Gasteiger partial charge is 0.231 e. The zero-order valence-corrected chi connectivity index (χ0v) is 7.57. The largest absolute Gasteiger partial charge is 0.340 e. The first-order valence-corrected chi connectivity index (χ1v) is 4.81. The lowest BCUT2D eigenvalue weighted by Gasteiger charge is -2.07. The molecule has 0 aliphatic heterocycles. The molecule has 1 amide bonds. The lowest BCUT2D eigenvalue weighted by Crippen LogP contribution is -2.34. The van der Waals surface area contributed by atoms with Gasteiger partial charge in [-0.3, -0.25) is 4.79 Å². The van der Waals surface area contributed by atoms with Crippen molar-refractivity contribution in [2.75, 3.05) is 12.0 Å². The van der Waals surface area contributed by atoms with Gasteiger partial charge in [0.1, 0.15) is 6.04 Å². The highest BCUT2D eigenvalue weighted by Crippen LogP contribution is 1.92. The maximum atomic E-state index is 10.9. The molecule has 0 aliphatic rings. The number of rotatable bonds is 4. The molecule has 11 heavy (non-hydrogen) atoms. The Kier molecular flexibility index (Phi) is 5.67. The fourth-order valence-electron chi connectivity index (χ4n) is 0.593. The molecule has 0 bridgehead atoms. The molecule has 1 atom stereocenters. The van der Waals surface area contributed by atoms with Crippen LogP contribution >= 0.6 is 11.8 Å². The summed E-state index contributed by atoms with van der Waals surface area (Å²) in [6, 6.07) is 1.68. The van der Waals surface area contributed by atoms with Crippen LogP contribution in [-0.2, 0) is 4.79 Å². The van der Waals surface area contributed by atoms with Crippen LogP contribution in [0.3, 0.4) is 0 Å². The summed E-state index contributed by atoms with van der Waals surface area (Å²) in [4.78, 5) is 10.9. The van der Waals surface area contributed by atoms with Crippen LogP contribution in [0.5, 0.6) is 0 Å². The third-order valence-electron chi connectivity index (χ3n) is 1.17. The van der Waals surface area contributed by atoms with Crippen LogP contribution in [0.1, 0.15) is 13.3 Å². The van der Waals surface area contributed by atoms with Crippen molar-refractivity contribution in [3.8, 4) is 6.07 Å². The van der Waals surface area contributed by atoms with Crippen molar-refractivity contribution in [2.45, 2.75) is 19.4 Å². The fourth-order valence-corrected chi connectivity index (χ4v) is 0.938. The molecule has 0 heterocycles. The molecule has 1 unspecified atom stereocenters. The number of carbonyl (C=O) groups is 1. The van der Waals surface area contributed by atoms with Crippen LogP contribution in [0.25, 0.3) is 0 Å². The Balaban J connectivity index is 3.65. The molecule has 4 heteroatoms. The van der Waals surface area contributed by atoms with Crippen LogP contribution in [0.2, 0.25) is 0 Å². The van der Waals surface area contributed by atoms with Gasteiger partial charge in [-0.1, -0.05) is 6.92 Å². The number of hydrogen-bond acceptors (Lipinski definition) is 3. The number of nitriles is 1. The van der Waals surface area contributed by atoms with Crippen molar-refractivity contribution >= 4 is 17.7 Å². The minimum atomic E-state index is -0.324. The van der Waals surface area contributed by atoms with Crippen LogP contribution in [0, 0.1) is 11.3 Å². The van der Waals surface area contributed by atoms with Crippen LogP contribution in [0.4, 0.5) is 0 Å². The van der Waals surface area contributed by atoms with E-state index in [9.17, 15) is 4.79 Å². The SMILES string of the molecule is CCC(C#N)NC(=O)CSC. The van der Waals surface area contributed by atoms with Gasteiger partial charge in [0.25, 0.3) is 0 Å². The zero-order valence-electron chi connectivity index (χ0n) is 6.76. The van der Waals surface area contributed by atoms with Crippen LogP contribution in [0.15, 0.2) is 0 Å². The summed E-state index contributed by atoms with van der Waals surface area (Å²) in [5.74, 6) is 0.365. The Morgan fingerprint density at radius 3 is 2.82 bits per heavy atom. The van der Waals surface area contributed by atoms with Crippen LogP contribution in [-0.4, -0.2) is 24.0 Å². The summed E-state index contributed by atoms with van der Waals surface area (Å²) in [5.41, 5.74) is 0. The molecule has 0 saturated heterocycles. The topological polar surface area (TPSA) is 52.9 Å². The van der Waals surface area contributed by atoms with Crippen molar-refractivity contribution in [3.63, 3.8) is 0 Å².